The fraction of sp³-hybridized carbons (Fsp3) is 0.562. The highest BCUT2D eigenvalue weighted by Gasteiger charge is 2.40. The number of fused-ring (bicyclic) bond motifs is 2. The molecule has 2 aliphatic carbocycles. The number of nitrogens with one attached hydrogen (secondary N) is 1. The SMILES string of the molecule is CCOc1ccc(C(=O)N[C@H]2C[C@@H]3CC[C@@H]2C3)cc1Cl. The summed E-state index contributed by atoms with van der Waals surface area (Å²) in [7, 11) is 0. The summed E-state index contributed by atoms with van der Waals surface area (Å²) in [4.78, 5) is 12.3. The summed E-state index contributed by atoms with van der Waals surface area (Å²) in [5.41, 5.74) is 0.612. The van der Waals surface area contributed by atoms with Crippen LogP contribution in [0.15, 0.2) is 18.2 Å². The smallest absolute Gasteiger partial charge is 0.251 e. The Morgan fingerprint density at radius 1 is 1.40 bits per heavy atom. The van der Waals surface area contributed by atoms with Crippen LogP contribution in [0.2, 0.25) is 5.02 Å². The number of rotatable bonds is 4. The highest BCUT2D eigenvalue weighted by atomic mass is 35.5. The first kappa shape index (κ1) is 13.7. The van der Waals surface area contributed by atoms with Gasteiger partial charge in [0.1, 0.15) is 5.75 Å². The van der Waals surface area contributed by atoms with Gasteiger partial charge in [0.25, 0.3) is 5.91 Å². The van der Waals surface area contributed by atoms with Gasteiger partial charge in [-0.1, -0.05) is 18.0 Å². The summed E-state index contributed by atoms with van der Waals surface area (Å²) in [5, 5.41) is 3.66. The van der Waals surface area contributed by atoms with Crippen LogP contribution in [0.4, 0.5) is 0 Å². The molecule has 4 heteroatoms. The van der Waals surface area contributed by atoms with Gasteiger partial charge in [0.05, 0.1) is 11.6 Å². The molecule has 3 nitrogen and oxygen atoms in total. The number of amides is 1. The normalized spacial score (nSPS) is 27.6. The van der Waals surface area contributed by atoms with E-state index in [-0.39, 0.29) is 5.91 Å². The van der Waals surface area contributed by atoms with Crippen LogP contribution in [-0.4, -0.2) is 18.6 Å². The van der Waals surface area contributed by atoms with Crippen LogP contribution in [0.1, 0.15) is 43.0 Å². The standard InChI is InChI=1S/C16H20ClNO2/c1-2-20-15-6-5-12(9-13(15)17)16(19)18-14-8-10-3-4-11(14)7-10/h5-6,9-11,14H,2-4,7-8H2,1H3,(H,18,19)/t10-,11-,14+/m1/s1. The zero-order chi connectivity index (χ0) is 14.1. The summed E-state index contributed by atoms with van der Waals surface area (Å²) in [6.45, 7) is 2.47. The number of carbonyl (C=O) groups is 1. The fourth-order valence-corrected chi connectivity index (χ4v) is 3.82. The van der Waals surface area contributed by atoms with Crippen LogP contribution in [0.25, 0.3) is 0 Å². The second-order valence-corrected chi connectivity index (χ2v) is 6.24. The summed E-state index contributed by atoms with van der Waals surface area (Å²) < 4.78 is 5.38. The van der Waals surface area contributed by atoms with E-state index in [0.29, 0.717) is 34.9 Å². The van der Waals surface area contributed by atoms with E-state index < -0.39 is 0 Å². The van der Waals surface area contributed by atoms with Crippen molar-refractivity contribution in [2.45, 2.75) is 38.6 Å². The van der Waals surface area contributed by atoms with Gasteiger partial charge in [-0.25, -0.2) is 0 Å². The minimum atomic E-state index is -0.0208. The highest BCUT2D eigenvalue weighted by molar-refractivity contribution is 6.32. The Balaban J connectivity index is 1.66. The fourth-order valence-electron chi connectivity index (χ4n) is 3.59. The minimum absolute atomic E-state index is 0.0208. The van der Waals surface area contributed by atoms with Crippen molar-refractivity contribution in [3.05, 3.63) is 28.8 Å². The molecule has 0 aliphatic heterocycles. The second kappa shape index (κ2) is 5.65. The predicted molar refractivity (Wildman–Crippen MR) is 79.3 cm³/mol. The summed E-state index contributed by atoms with van der Waals surface area (Å²) in [5.74, 6) is 2.12. The number of carbonyl (C=O) groups excluding carboxylic acids is 1. The molecule has 3 rings (SSSR count). The number of hydrogen-bond donors (Lipinski definition) is 1. The van der Waals surface area contributed by atoms with Crippen LogP contribution < -0.4 is 10.1 Å². The largest absolute Gasteiger partial charge is 0.492 e. The van der Waals surface area contributed by atoms with Crippen molar-refractivity contribution in [2.75, 3.05) is 6.61 Å². The number of hydrogen-bond acceptors (Lipinski definition) is 2. The quantitative estimate of drug-likeness (QED) is 0.920. The first-order valence-electron chi connectivity index (χ1n) is 7.40. The maximum Gasteiger partial charge on any atom is 0.251 e. The minimum Gasteiger partial charge on any atom is -0.492 e. The van der Waals surface area contributed by atoms with E-state index in [4.69, 9.17) is 16.3 Å². The lowest BCUT2D eigenvalue weighted by atomic mass is 9.95. The Bertz CT molecular complexity index is 517. The van der Waals surface area contributed by atoms with E-state index in [2.05, 4.69) is 5.32 Å². The topological polar surface area (TPSA) is 38.3 Å². The molecule has 20 heavy (non-hydrogen) atoms. The third-order valence-electron chi connectivity index (χ3n) is 4.55. The average molecular weight is 294 g/mol. The van der Waals surface area contributed by atoms with E-state index >= 15 is 0 Å². The first-order valence-corrected chi connectivity index (χ1v) is 7.78. The van der Waals surface area contributed by atoms with Gasteiger partial charge in [0.2, 0.25) is 0 Å². The second-order valence-electron chi connectivity index (χ2n) is 5.83. The molecule has 2 aliphatic rings. The van der Waals surface area contributed by atoms with Gasteiger partial charge in [-0.2, -0.15) is 0 Å². The Hall–Kier alpha value is -1.22. The number of benzene rings is 1. The van der Waals surface area contributed by atoms with Crippen molar-refractivity contribution < 1.29 is 9.53 Å². The van der Waals surface area contributed by atoms with E-state index in [1.54, 1.807) is 18.2 Å². The first-order chi connectivity index (χ1) is 9.67. The molecule has 108 valence electrons. The molecular weight excluding hydrogens is 274 g/mol. The van der Waals surface area contributed by atoms with E-state index in [1.807, 2.05) is 6.92 Å². The van der Waals surface area contributed by atoms with E-state index in [1.165, 1.54) is 19.3 Å². The molecule has 2 bridgehead atoms. The molecule has 0 saturated heterocycles. The zero-order valence-corrected chi connectivity index (χ0v) is 12.5. The molecule has 1 aromatic rings. The van der Waals surface area contributed by atoms with Crippen molar-refractivity contribution in [2.24, 2.45) is 11.8 Å². The van der Waals surface area contributed by atoms with E-state index in [9.17, 15) is 4.79 Å². The third-order valence-corrected chi connectivity index (χ3v) is 4.84. The molecule has 2 fully saturated rings. The van der Waals surface area contributed by atoms with Crippen molar-refractivity contribution in [3.63, 3.8) is 0 Å². The Kier molecular flexibility index (Phi) is 3.88. The van der Waals surface area contributed by atoms with Gasteiger partial charge < -0.3 is 10.1 Å². The van der Waals surface area contributed by atoms with Gasteiger partial charge in [-0.3, -0.25) is 4.79 Å². The Morgan fingerprint density at radius 3 is 2.85 bits per heavy atom. The maximum atomic E-state index is 12.3. The monoisotopic (exact) mass is 293 g/mol. The van der Waals surface area contributed by atoms with Crippen LogP contribution in [0.3, 0.4) is 0 Å². The molecule has 1 amide bonds. The maximum absolute atomic E-state index is 12.3. The predicted octanol–water partition coefficient (Wildman–Crippen LogP) is 3.66. The van der Waals surface area contributed by atoms with Crippen LogP contribution >= 0.6 is 11.6 Å². The lowest BCUT2D eigenvalue weighted by Crippen LogP contribution is -2.38. The molecule has 0 unspecified atom stereocenters. The van der Waals surface area contributed by atoms with Crippen molar-refractivity contribution in [3.8, 4) is 5.75 Å². The molecule has 0 spiro atoms. The van der Waals surface area contributed by atoms with E-state index in [0.717, 1.165) is 12.3 Å². The Morgan fingerprint density at radius 2 is 2.25 bits per heavy atom. The molecular formula is C16H20ClNO2. The Labute approximate surface area is 124 Å². The molecule has 0 aromatic heterocycles. The van der Waals surface area contributed by atoms with Crippen LogP contribution in [-0.2, 0) is 0 Å². The summed E-state index contributed by atoms with van der Waals surface area (Å²) in [6, 6.07) is 5.59. The molecule has 3 atom stereocenters. The van der Waals surface area contributed by atoms with Crippen molar-refractivity contribution in [1.82, 2.24) is 5.32 Å². The van der Waals surface area contributed by atoms with Gasteiger partial charge in [-0.05, 0) is 56.2 Å². The average Bonchev–Trinajstić information content (AvgIpc) is 3.03. The third kappa shape index (κ3) is 2.64. The molecule has 1 aromatic carbocycles. The van der Waals surface area contributed by atoms with Gasteiger partial charge >= 0.3 is 0 Å². The lowest BCUT2D eigenvalue weighted by molar-refractivity contribution is 0.0923. The summed E-state index contributed by atoms with van der Waals surface area (Å²) in [6.07, 6.45) is 5.03. The summed E-state index contributed by atoms with van der Waals surface area (Å²) >= 11 is 6.13. The van der Waals surface area contributed by atoms with Gasteiger partial charge in [-0.15, -0.1) is 0 Å². The van der Waals surface area contributed by atoms with Gasteiger partial charge in [0, 0.05) is 11.6 Å². The van der Waals surface area contributed by atoms with Crippen molar-refractivity contribution >= 4 is 17.5 Å². The van der Waals surface area contributed by atoms with Crippen molar-refractivity contribution in [1.29, 1.82) is 0 Å². The van der Waals surface area contributed by atoms with Gasteiger partial charge in [0.15, 0.2) is 0 Å². The number of halogens is 1. The number of ether oxygens (including phenoxy) is 1. The highest BCUT2D eigenvalue weighted by Crippen LogP contribution is 2.44. The molecule has 0 heterocycles. The molecule has 1 N–H and O–H groups in total. The molecule has 0 radical (unpaired) electrons. The zero-order valence-electron chi connectivity index (χ0n) is 11.7. The van der Waals surface area contributed by atoms with Crippen LogP contribution in [0, 0.1) is 11.8 Å². The van der Waals surface area contributed by atoms with Crippen LogP contribution in [0.5, 0.6) is 5.75 Å². The lowest BCUT2D eigenvalue weighted by Gasteiger charge is -2.23. The molecule has 2 saturated carbocycles.